The van der Waals surface area contributed by atoms with Crippen LogP contribution < -0.4 is 15.8 Å². The van der Waals surface area contributed by atoms with Crippen LogP contribution in [0.4, 0.5) is 16.4 Å². The average Bonchev–Trinajstić information content (AvgIpc) is 3.04. The van der Waals surface area contributed by atoms with Gasteiger partial charge in [-0.25, -0.2) is 0 Å². The molecule has 1 aromatic heterocycles. The molecule has 0 aliphatic carbocycles. The number of anilines is 3. The molecule has 3 N–H and O–H groups in total. The minimum atomic E-state index is -0.247. The number of thiophene rings is 1. The smallest absolute Gasteiger partial charge is 0.205 e. The highest BCUT2D eigenvalue weighted by atomic mass is 35.5. The van der Waals surface area contributed by atoms with Crippen LogP contribution in [0.25, 0.3) is 0 Å². The van der Waals surface area contributed by atoms with Crippen molar-refractivity contribution in [1.29, 1.82) is 5.26 Å². The van der Waals surface area contributed by atoms with Gasteiger partial charge >= 0.3 is 0 Å². The molecule has 0 aliphatic rings. The molecule has 0 saturated carbocycles. The van der Waals surface area contributed by atoms with Gasteiger partial charge in [-0.15, -0.1) is 11.3 Å². The van der Waals surface area contributed by atoms with Crippen LogP contribution in [0.2, 0.25) is 5.02 Å². The molecule has 0 atom stereocenters. The first-order valence-corrected chi connectivity index (χ1v) is 10.4. The summed E-state index contributed by atoms with van der Waals surface area (Å²) in [5, 5.41) is 13.8. The summed E-state index contributed by atoms with van der Waals surface area (Å²) in [6.45, 7) is 1.42. The van der Waals surface area contributed by atoms with Crippen molar-refractivity contribution in [3.63, 3.8) is 0 Å². The van der Waals surface area contributed by atoms with E-state index in [-0.39, 0.29) is 17.0 Å². The third-order valence-electron chi connectivity index (χ3n) is 4.29. The van der Waals surface area contributed by atoms with Crippen LogP contribution in [0.1, 0.15) is 20.8 Å². The van der Waals surface area contributed by atoms with Crippen molar-refractivity contribution in [2.75, 3.05) is 38.3 Å². The Morgan fingerprint density at radius 3 is 2.47 bits per heavy atom. The maximum Gasteiger partial charge on any atom is 0.205 e. The number of nitrogens with zero attached hydrogens (tertiary/aromatic N) is 2. The highest BCUT2D eigenvalue weighted by Gasteiger charge is 2.22. The second-order valence-electron chi connectivity index (χ2n) is 6.80. The third-order valence-corrected chi connectivity index (χ3v) is 5.66. The van der Waals surface area contributed by atoms with Crippen LogP contribution in [-0.2, 0) is 0 Å². The Morgan fingerprint density at radius 1 is 1.20 bits per heavy atom. The fourth-order valence-corrected chi connectivity index (χ4v) is 3.83. The van der Waals surface area contributed by atoms with Crippen molar-refractivity contribution in [3.05, 3.63) is 69.6 Å². The SMILES string of the molecule is CN(C)CCOc1ccc(Nc2sc(C(=O)c3ccc(Cl)cc3)c(N)c2C#N)cc1. The molecule has 30 heavy (non-hydrogen) atoms. The number of nitrogens with two attached hydrogens (primary N) is 1. The molecule has 0 aliphatic heterocycles. The van der Waals surface area contributed by atoms with Gasteiger partial charge in [-0.2, -0.15) is 5.26 Å². The van der Waals surface area contributed by atoms with Crippen molar-refractivity contribution >= 4 is 45.1 Å². The number of carbonyl (C=O) groups is 1. The van der Waals surface area contributed by atoms with E-state index in [9.17, 15) is 10.1 Å². The molecule has 2 aromatic carbocycles. The fraction of sp³-hybridized carbons (Fsp3) is 0.182. The summed E-state index contributed by atoms with van der Waals surface area (Å²) in [5.74, 6) is 0.510. The number of carbonyl (C=O) groups excluding carboxylic acids is 1. The van der Waals surface area contributed by atoms with E-state index in [1.165, 1.54) is 0 Å². The molecular formula is C22H21ClN4O2S. The first-order chi connectivity index (χ1) is 14.4. The lowest BCUT2D eigenvalue weighted by Crippen LogP contribution is -2.19. The second kappa shape index (κ2) is 9.63. The molecule has 154 valence electrons. The zero-order valence-electron chi connectivity index (χ0n) is 16.6. The van der Waals surface area contributed by atoms with Crippen molar-refractivity contribution in [2.45, 2.75) is 0 Å². The summed E-state index contributed by atoms with van der Waals surface area (Å²) < 4.78 is 5.69. The number of rotatable bonds is 8. The van der Waals surface area contributed by atoms with Crippen LogP contribution in [0, 0.1) is 11.3 Å². The third kappa shape index (κ3) is 5.10. The van der Waals surface area contributed by atoms with Crippen LogP contribution in [0.3, 0.4) is 0 Å². The first kappa shape index (κ1) is 21.7. The highest BCUT2D eigenvalue weighted by Crippen LogP contribution is 2.38. The van der Waals surface area contributed by atoms with Crippen LogP contribution in [-0.4, -0.2) is 37.9 Å². The number of halogens is 1. The number of ketones is 1. The van der Waals surface area contributed by atoms with E-state index < -0.39 is 0 Å². The highest BCUT2D eigenvalue weighted by molar-refractivity contribution is 7.19. The van der Waals surface area contributed by atoms with Gasteiger partial charge in [0.25, 0.3) is 0 Å². The molecule has 3 aromatic rings. The van der Waals surface area contributed by atoms with Gasteiger partial charge < -0.3 is 20.7 Å². The predicted molar refractivity (Wildman–Crippen MR) is 122 cm³/mol. The van der Waals surface area contributed by atoms with Gasteiger partial charge in [0.15, 0.2) is 0 Å². The van der Waals surface area contributed by atoms with E-state index in [1.807, 2.05) is 43.3 Å². The molecule has 0 spiro atoms. The van der Waals surface area contributed by atoms with Crippen molar-refractivity contribution < 1.29 is 9.53 Å². The molecule has 1 heterocycles. The van der Waals surface area contributed by atoms with E-state index in [4.69, 9.17) is 22.1 Å². The molecule has 0 radical (unpaired) electrons. The lowest BCUT2D eigenvalue weighted by atomic mass is 10.1. The van der Waals surface area contributed by atoms with E-state index in [0.717, 1.165) is 29.3 Å². The standard InChI is InChI=1S/C22H21ClN4O2S/c1-27(2)11-12-29-17-9-7-16(8-10-17)26-22-18(13-24)19(25)21(30-22)20(28)14-3-5-15(23)6-4-14/h3-10,26H,11-12,25H2,1-2H3. The fourth-order valence-electron chi connectivity index (χ4n) is 2.66. The van der Waals surface area contributed by atoms with Crippen LogP contribution >= 0.6 is 22.9 Å². The molecule has 0 unspecified atom stereocenters. The van der Waals surface area contributed by atoms with Crippen molar-refractivity contribution in [1.82, 2.24) is 4.90 Å². The lowest BCUT2D eigenvalue weighted by Gasteiger charge is -2.11. The summed E-state index contributed by atoms with van der Waals surface area (Å²) in [6.07, 6.45) is 0. The number of hydrogen-bond acceptors (Lipinski definition) is 7. The molecule has 6 nitrogen and oxygen atoms in total. The van der Waals surface area contributed by atoms with Crippen LogP contribution in [0.5, 0.6) is 5.75 Å². The van der Waals surface area contributed by atoms with Gasteiger partial charge in [0.1, 0.15) is 33.9 Å². The number of benzene rings is 2. The molecule has 0 bridgehead atoms. The molecule has 0 amide bonds. The maximum atomic E-state index is 12.8. The summed E-state index contributed by atoms with van der Waals surface area (Å²) in [7, 11) is 3.98. The number of hydrogen-bond donors (Lipinski definition) is 2. The predicted octanol–water partition coefficient (Wildman–Crippen LogP) is 4.77. The van der Waals surface area contributed by atoms with E-state index in [0.29, 0.717) is 27.1 Å². The Bertz CT molecular complexity index is 1070. The zero-order chi connectivity index (χ0) is 21.7. The normalized spacial score (nSPS) is 10.6. The minimum Gasteiger partial charge on any atom is -0.492 e. The number of ether oxygens (including phenoxy) is 1. The molecule has 0 fully saturated rings. The van der Waals surface area contributed by atoms with Crippen LogP contribution in [0.15, 0.2) is 48.5 Å². The second-order valence-corrected chi connectivity index (χ2v) is 8.25. The number of nitriles is 1. The topological polar surface area (TPSA) is 91.4 Å². The molecular weight excluding hydrogens is 420 g/mol. The Labute approximate surface area is 184 Å². The number of nitrogen functional groups attached to an aromatic ring is 1. The quantitative estimate of drug-likeness (QED) is 0.490. The summed E-state index contributed by atoms with van der Waals surface area (Å²) in [5.41, 5.74) is 7.77. The summed E-state index contributed by atoms with van der Waals surface area (Å²) in [6, 6.07) is 16.0. The molecule has 3 rings (SSSR count). The van der Waals surface area contributed by atoms with E-state index in [1.54, 1.807) is 24.3 Å². The minimum absolute atomic E-state index is 0.175. The number of nitrogens with one attached hydrogen (secondary N) is 1. The zero-order valence-corrected chi connectivity index (χ0v) is 18.2. The Hall–Kier alpha value is -3.05. The van der Waals surface area contributed by atoms with E-state index >= 15 is 0 Å². The van der Waals surface area contributed by atoms with Gasteiger partial charge in [0.2, 0.25) is 5.78 Å². The number of likely N-dealkylation sites (N-methyl/N-ethyl adjacent to an activating group) is 1. The monoisotopic (exact) mass is 440 g/mol. The Morgan fingerprint density at radius 2 is 1.87 bits per heavy atom. The van der Waals surface area contributed by atoms with Crippen molar-refractivity contribution in [3.8, 4) is 11.8 Å². The first-order valence-electron chi connectivity index (χ1n) is 9.16. The molecule has 0 saturated heterocycles. The van der Waals surface area contributed by atoms with E-state index in [2.05, 4.69) is 11.4 Å². The largest absolute Gasteiger partial charge is 0.492 e. The van der Waals surface area contributed by atoms with Crippen molar-refractivity contribution in [2.24, 2.45) is 0 Å². The maximum absolute atomic E-state index is 12.8. The Kier molecular flexibility index (Phi) is 6.95. The summed E-state index contributed by atoms with van der Waals surface area (Å²) in [4.78, 5) is 15.2. The Balaban J connectivity index is 1.78. The summed E-state index contributed by atoms with van der Waals surface area (Å²) >= 11 is 7.05. The lowest BCUT2D eigenvalue weighted by molar-refractivity contribution is 0.104. The van der Waals surface area contributed by atoms with Gasteiger partial charge in [-0.3, -0.25) is 4.79 Å². The average molecular weight is 441 g/mol. The van der Waals surface area contributed by atoms with Gasteiger partial charge in [-0.05, 0) is 62.6 Å². The molecule has 8 heteroatoms. The van der Waals surface area contributed by atoms with Gasteiger partial charge in [-0.1, -0.05) is 11.6 Å². The van der Waals surface area contributed by atoms with Gasteiger partial charge in [0, 0.05) is 22.8 Å². The van der Waals surface area contributed by atoms with Gasteiger partial charge in [0.05, 0.1) is 5.69 Å².